The van der Waals surface area contributed by atoms with Gasteiger partial charge in [-0.2, -0.15) is 0 Å². The summed E-state index contributed by atoms with van der Waals surface area (Å²) in [5.74, 6) is -14.4. The van der Waals surface area contributed by atoms with Crippen molar-refractivity contribution in [2.24, 2.45) is 0 Å². The molecule has 0 radical (unpaired) electrons. The Morgan fingerprint density at radius 1 is 0.862 bits per heavy atom. The number of carbonyl (C=O) groups is 1. The first-order valence-electron chi connectivity index (χ1n) is 8.33. The molecule has 0 unspecified atom stereocenters. The molecule has 0 N–H and O–H groups in total. The summed E-state index contributed by atoms with van der Waals surface area (Å²) in [6, 6.07) is 4.14. The van der Waals surface area contributed by atoms with Gasteiger partial charge in [-0.3, -0.25) is 4.79 Å². The second-order valence-corrected chi connectivity index (χ2v) is 7.83. The third-order valence-electron chi connectivity index (χ3n) is 3.98. The summed E-state index contributed by atoms with van der Waals surface area (Å²) in [4.78, 5) is 10.3. The number of benzene rings is 2. The Morgan fingerprint density at radius 2 is 1.34 bits per heavy atom. The third-order valence-corrected chi connectivity index (χ3v) is 5.77. The SMILES string of the molecule is CCCCC(=O)N(Cc1ccc(F)cc1)S(=O)(=O)c1c(F)c(F)c(F)c(F)c1F. The summed E-state index contributed by atoms with van der Waals surface area (Å²) >= 11 is 0. The predicted molar refractivity (Wildman–Crippen MR) is 89.9 cm³/mol. The molecule has 2 aromatic rings. The fraction of sp³-hybridized carbons (Fsp3) is 0.278. The van der Waals surface area contributed by atoms with Crippen LogP contribution in [0.25, 0.3) is 0 Å². The van der Waals surface area contributed by atoms with E-state index in [2.05, 4.69) is 0 Å². The summed E-state index contributed by atoms with van der Waals surface area (Å²) in [6.07, 6.45) is 0.330. The average molecular weight is 439 g/mol. The van der Waals surface area contributed by atoms with Crippen LogP contribution in [0.4, 0.5) is 26.3 Å². The molecular weight excluding hydrogens is 424 g/mol. The van der Waals surface area contributed by atoms with Gasteiger partial charge in [0, 0.05) is 6.42 Å². The Balaban J connectivity index is 2.63. The molecule has 0 spiro atoms. The Bertz CT molecular complexity index is 996. The van der Waals surface area contributed by atoms with E-state index in [1.165, 1.54) is 0 Å². The van der Waals surface area contributed by atoms with Crippen molar-refractivity contribution in [1.82, 2.24) is 4.31 Å². The molecule has 0 saturated carbocycles. The van der Waals surface area contributed by atoms with Crippen LogP contribution in [0.2, 0.25) is 0 Å². The third kappa shape index (κ3) is 4.55. The number of unbranched alkanes of at least 4 members (excludes halogenated alkanes) is 1. The Kier molecular flexibility index (Phi) is 6.93. The number of carbonyl (C=O) groups excluding carboxylic acids is 1. The summed E-state index contributed by atoms with van der Waals surface area (Å²) in [5.41, 5.74) is 0.0590. The van der Waals surface area contributed by atoms with Crippen molar-refractivity contribution in [3.05, 3.63) is 64.7 Å². The number of amides is 1. The second-order valence-electron chi connectivity index (χ2n) is 6.03. The van der Waals surface area contributed by atoms with Gasteiger partial charge in [0.1, 0.15) is 5.82 Å². The summed E-state index contributed by atoms with van der Waals surface area (Å²) < 4.78 is 107. The predicted octanol–water partition coefficient (Wildman–Crippen LogP) is 4.43. The Labute approximate surface area is 162 Å². The zero-order valence-electron chi connectivity index (χ0n) is 15.0. The van der Waals surface area contributed by atoms with Gasteiger partial charge in [0.25, 0.3) is 10.0 Å². The molecule has 2 aromatic carbocycles. The van der Waals surface area contributed by atoms with Crippen LogP contribution in [0.15, 0.2) is 29.2 Å². The molecule has 0 bridgehead atoms. The normalized spacial score (nSPS) is 11.6. The van der Waals surface area contributed by atoms with E-state index in [1.54, 1.807) is 6.92 Å². The van der Waals surface area contributed by atoms with Crippen LogP contribution in [0.3, 0.4) is 0 Å². The van der Waals surface area contributed by atoms with E-state index in [9.17, 15) is 39.6 Å². The number of nitrogens with zero attached hydrogens (tertiary/aromatic N) is 1. The van der Waals surface area contributed by atoms with Gasteiger partial charge in [-0.1, -0.05) is 25.5 Å². The molecule has 0 atom stereocenters. The number of sulfonamides is 1. The molecular formula is C18H15F6NO3S. The summed E-state index contributed by atoms with van der Waals surface area (Å²) in [5, 5.41) is 0. The minimum absolute atomic E-state index is 0.0220. The molecule has 11 heteroatoms. The first kappa shape index (κ1) is 22.7. The fourth-order valence-corrected chi connectivity index (χ4v) is 3.97. The van der Waals surface area contributed by atoms with Crippen molar-refractivity contribution in [3.8, 4) is 0 Å². The highest BCUT2D eigenvalue weighted by Gasteiger charge is 2.39. The van der Waals surface area contributed by atoms with Gasteiger partial charge < -0.3 is 0 Å². The van der Waals surface area contributed by atoms with E-state index in [0.717, 1.165) is 24.3 Å². The van der Waals surface area contributed by atoms with Gasteiger partial charge in [-0.25, -0.2) is 39.1 Å². The van der Waals surface area contributed by atoms with Crippen molar-refractivity contribution >= 4 is 15.9 Å². The smallest absolute Gasteiger partial charge is 0.272 e. The zero-order valence-corrected chi connectivity index (χ0v) is 15.8. The summed E-state index contributed by atoms with van der Waals surface area (Å²) in [7, 11) is -5.47. The van der Waals surface area contributed by atoms with Crippen molar-refractivity contribution < 1.29 is 39.6 Å². The quantitative estimate of drug-likeness (QED) is 0.365. The van der Waals surface area contributed by atoms with Crippen LogP contribution in [0, 0.1) is 34.9 Å². The van der Waals surface area contributed by atoms with Crippen LogP contribution in [-0.2, 0) is 21.4 Å². The minimum Gasteiger partial charge on any atom is -0.274 e. The number of halogens is 6. The standard InChI is InChI=1S/C18H15F6NO3S/c1-2-3-4-12(26)25(9-10-5-7-11(19)8-6-10)29(27,28)18-16(23)14(21)13(20)15(22)17(18)24/h5-8H,2-4,9H2,1H3. The molecule has 0 fully saturated rings. The molecule has 4 nitrogen and oxygen atoms in total. The van der Waals surface area contributed by atoms with Gasteiger partial charge >= 0.3 is 0 Å². The molecule has 0 aliphatic carbocycles. The summed E-state index contributed by atoms with van der Waals surface area (Å²) in [6.45, 7) is 0.904. The highest BCUT2D eigenvalue weighted by molar-refractivity contribution is 7.89. The lowest BCUT2D eigenvalue weighted by molar-refractivity contribution is -0.127. The van der Waals surface area contributed by atoms with Crippen LogP contribution < -0.4 is 0 Å². The lowest BCUT2D eigenvalue weighted by Crippen LogP contribution is -2.37. The maximum absolute atomic E-state index is 14.1. The van der Waals surface area contributed by atoms with Gasteiger partial charge in [-0.05, 0) is 24.1 Å². The number of hydrogen-bond donors (Lipinski definition) is 0. The minimum atomic E-state index is -5.47. The molecule has 29 heavy (non-hydrogen) atoms. The lowest BCUT2D eigenvalue weighted by Gasteiger charge is -2.23. The molecule has 0 saturated heterocycles. The maximum atomic E-state index is 14.1. The number of hydrogen-bond acceptors (Lipinski definition) is 3. The van der Waals surface area contributed by atoms with Crippen LogP contribution in [0.5, 0.6) is 0 Å². The molecule has 1 amide bonds. The Hall–Kier alpha value is -2.56. The highest BCUT2D eigenvalue weighted by atomic mass is 32.2. The van der Waals surface area contributed by atoms with Gasteiger partial charge in [-0.15, -0.1) is 0 Å². The van der Waals surface area contributed by atoms with Crippen LogP contribution in [0.1, 0.15) is 31.7 Å². The van der Waals surface area contributed by atoms with Crippen LogP contribution in [-0.4, -0.2) is 18.6 Å². The topological polar surface area (TPSA) is 54.5 Å². The second kappa shape index (κ2) is 8.85. The van der Waals surface area contributed by atoms with Crippen molar-refractivity contribution in [1.29, 1.82) is 0 Å². The fourth-order valence-electron chi connectivity index (χ4n) is 2.44. The molecule has 0 aliphatic rings. The van der Waals surface area contributed by atoms with Crippen molar-refractivity contribution in [2.75, 3.05) is 0 Å². The number of rotatable bonds is 7. The monoisotopic (exact) mass is 439 g/mol. The molecule has 0 aromatic heterocycles. The molecule has 0 heterocycles. The van der Waals surface area contributed by atoms with Gasteiger partial charge in [0.15, 0.2) is 28.2 Å². The van der Waals surface area contributed by atoms with E-state index in [-0.39, 0.29) is 22.7 Å². The van der Waals surface area contributed by atoms with Gasteiger partial charge in [0.05, 0.1) is 6.54 Å². The Morgan fingerprint density at radius 3 is 1.83 bits per heavy atom. The largest absolute Gasteiger partial charge is 0.274 e. The first-order chi connectivity index (χ1) is 13.5. The molecule has 2 rings (SSSR count). The van der Waals surface area contributed by atoms with E-state index in [4.69, 9.17) is 0 Å². The maximum Gasteiger partial charge on any atom is 0.272 e. The van der Waals surface area contributed by atoms with E-state index in [0.29, 0.717) is 6.42 Å². The highest BCUT2D eigenvalue weighted by Crippen LogP contribution is 2.30. The molecule has 0 aliphatic heterocycles. The first-order valence-corrected chi connectivity index (χ1v) is 9.77. The zero-order chi connectivity index (χ0) is 21.9. The van der Waals surface area contributed by atoms with Crippen molar-refractivity contribution in [3.63, 3.8) is 0 Å². The lowest BCUT2D eigenvalue weighted by atomic mass is 10.2. The van der Waals surface area contributed by atoms with E-state index in [1.807, 2.05) is 0 Å². The van der Waals surface area contributed by atoms with Crippen LogP contribution >= 0.6 is 0 Å². The van der Waals surface area contributed by atoms with Gasteiger partial charge in [0.2, 0.25) is 11.7 Å². The van der Waals surface area contributed by atoms with Crippen molar-refractivity contribution in [2.45, 2.75) is 37.6 Å². The molecule has 158 valence electrons. The van der Waals surface area contributed by atoms with E-state index < -0.39 is 62.3 Å². The van der Waals surface area contributed by atoms with E-state index >= 15 is 0 Å². The average Bonchev–Trinajstić information content (AvgIpc) is 2.68.